The molecule has 0 unspecified atom stereocenters. The van der Waals surface area contributed by atoms with E-state index in [1.807, 2.05) is 13.0 Å². The molecule has 0 heterocycles. The molecular weight excluding hydrogens is 330 g/mol. The van der Waals surface area contributed by atoms with Crippen LogP contribution in [0.1, 0.15) is 15.9 Å². The van der Waals surface area contributed by atoms with Gasteiger partial charge in [-0.3, -0.25) is 4.79 Å². The first-order chi connectivity index (χ1) is 12.4. The maximum Gasteiger partial charge on any atom is 0.258 e. The number of anilines is 1. The number of hydrogen-bond donors (Lipinski definition) is 2. The molecule has 0 bridgehead atoms. The number of hydrogen-bond acceptors (Lipinski definition) is 4. The Morgan fingerprint density at radius 1 is 0.962 bits per heavy atom. The lowest BCUT2D eigenvalue weighted by Crippen LogP contribution is -2.26. The lowest BCUT2D eigenvalue weighted by molar-refractivity contribution is 0.0992. The number of aromatic hydroxyl groups is 2. The Balaban J connectivity index is 1.75. The Hall–Kier alpha value is -3.47. The largest absolute Gasteiger partial charge is 0.508 e. The van der Waals surface area contributed by atoms with Gasteiger partial charge in [0.1, 0.15) is 11.5 Å². The minimum atomic E-state index is -0.231. The zero-order chi connectivity index (χ0) is 18.7. The van der Waals surface area contributed by atoms with Crippen LogP contribution >= 0.6 is 0 Å². The van der Waals surface area contributed by atoms with Gasteiger partial charge in [-0.15, -0.1) is 0 Å². The molecule has 26 heavy (non-hydrogen) atoms. The molecule has 0 saturated carbocycles. The van der Waals surface area contributed by atoms with Crippen LogP contribution in [0.2, 0.25) is 0 Å². The molecule has 0 aliphatic heterocycles. The number of carbonyl (C=O) groups excluding carboxylic acids is 1. The number of phenols is 2. The van der Waals surface area contributed by atoms with E-state index in [4.69, 9.17) is 4.74 Å². The van der Waals surface area contributed by atoms with E-state index in [0.29, 0.717) is 22.7 Å². The van der Waals surface area contributed by atoms with Gasteiger partial charge in [0.15, 0.2) is 11.5 Å². The molecule has 1 amide bonds. The van der Waals surface area contributed by atoms with Crippen molar-refractivity contribution in [3.63, 3.8) is 0 Å². The van der Waals surface area contributed by atoms with Crippen molar-refractivity contribution in [1.29, 1.82) is 0 Å². The Bertz CT molecular complexity index is 935. The first-order valence-electron chi connectivity index (χ1n) is 8.08. The molecule has 0 spiro atoms. The van der Waals surface area contributed by atoms with Crippen LogP contribution in [0.25, 0.3) is 0 Å². The summed E-state index contributed by atoms with van der Waals surface area (Å²) in [5, 5.41) is 19.4. The molecule has 0 aliphatic carbocycles. The second-order valence-electron chi connectivity index (χ2n) is 5.98. The molecule has 0 atom stereocenters. The number of aryl methyl sites for hydroxylation is 1. The molecule has 3 rings (SSSR count). The van der Waals surface area contributed by atoms with E-state index in [9.17, 15) is 15.0 Å². The zero-order valence-electron chi connectivity index (χ0n) is 14.5. The van der Waals surface area contributed by atoms with E-state index < -0.39 is 0 Å². The molecule has 0 fully saturated rings. The minimum Gasteiger partial charge on any atom is -0.508 e. The van der Waals surface area contributed by atoms with Gasteiger partial charge in [-0.2, -0.15) is 0 Å². The van der Waals surface area contributed by atoms with Crippen molar-refractivity contribution in [2.75, 3.05) is 11.9 Å². The average Bonchev–Trinajstić information content (AvgIpc) is 2.63. The first kappa shape index (κ1) is 17.4. The molecule has 3 aromatic rings. The van der Waals surface area contributed by atoms with Gasteiger partial charge in [0.05, 0.1) is 0 Å². The molecule has 2 N–H and O–H groups in total. The van der Waals surface area contributed by atoms with Crippen LogP contribution < -0.4 is 9.64 Å². The maximum atomic E-state index is 12.5. The van der Waals surface area contributed by atoms with Gasteiger partial charge >= 0.3 is 0 Å². The number of phenolic OH excluding ortho intramolecular Hbond substituents is 2. The van der Waals surface area contributed by atoms with E-state index in [-0.39, 0.29) is 17.4 Å². The first-order valence-corrected chi connectivity index (χ1v) is 8.08. The van der Waals surface area contributed by atoms with Crippen molar-refractivity contribution < 1.29 is 19.7 Å². The van der Waals surface area contributed by atoms with E-state index in [1.165, 1.54) is 17.0 Å². The summed E-state index contributed by atoms with van der Waals surface area (Å²) in [7, 11) is 1.66. The summed E-state index contributed by atoms with van der Waals surface area (Å²) in [5.74, 6) is 0.806. The van der Waals surface area contributed by atoms with Gasteiger partial charge in [0.25, 0.3) is 5.91 Å². The second kappa shape index (κ2) is 7.19. The quantitative estimate of drug-likeness (QED) is 0.729. The monoisotopic (exact) mass is 349 g/mol. The number of amides is 1. The highest BCUT2D eigenvalue weighted by Crippen LogP contribution is 2.32. The summed E-state index contributed by atoms with van der Waals surface area (Å²) >= 11 is 0. The predicted octanol–water partition coefficient (Wildman–Crippen LogP) is 4.48. The predicted molar refractivity (Wildman–Crippen MR) is 100 cm³/mol. The van der Waals surface area contributed by atoms with E-state index in [1.54, 1.807) is 55.6 Å². The van der Waals surface area contributed by atoms with Gasteiger partial charge in [-0.25, -0.2) is 0 Å². The topological polar surface area (TPSA) is 70.0 Å². The van der Waals surface area contributed by atoms with Gasteiger partial charge in [-0.05, 0) is 67.1 Å². The maximum absolute atomic E-state index is 12.5. The third-order valence-electron chi connectivity index (χ3n) is 3.96. The SMILES string of the molecule is Cc1ccc(Oc2ccc(N(C)C(=O)c3cccc(O)c3)cc2)c(O)c1. The van der Waals surface area contributed by atoms with Crippen molar-refractivity contribution in [3.8, 4) is 23.0 Å². The molecule has 5 nitrogen and oxygen atoms in total. The molecule has 3 aromatic carbocycles. The van der Waals surface area contributed by atoms with Gasteiger partial charge in [0, 0.05) is 18.3 Å². The molecule has 5 heteroatoms. The zero-order valence-corrected chi connectivity index (χ0v) is 14.5. The fourth-order valence-electron chi connectivity index (χ4n) is 2.53. The van der Waals surface area contributed by atoms with Crippen LogP contribution in [0.3, 0.4) is 0 Å². The summed E-state index contributed by atoms with van der Waals surface area (Å²) in [4.78, 5) is 14.0. The highest BCUT2D eigenvalue weighted by atomic mass is 16.5. The van der Waals surface area contributed by atoms with Crippen LogP contribution in [-0.4, -0.2) is 23.2 Å². The Morgan fingerprint density at radius 2 is 1.69 bits per heavy atom. The molecule has 0 saturated heterocycles. The fourth-order valence-corrected chi connectivity index (χ4v) is 2.53. The van der Waals surface area contributed by atoms with Crippen LogP contribution in [0, 0.1) is 6.92 Å². The van der Waals surface area contributed by atoms with Crippen LogP contribution in [-0.2, 0) is 0 Å². The Labute approximate surface area is 151 Å². The van der Waals surface area contributed by atoms with Crippen molar-refractivity contribution in [2.45, 2.75) is 6.92 Å². The number of carbonyl (C=O) groups is 1. The molecule has 0 aromatic heterocycles. The van der Waals surface area contributed by atoms with Crippen molar-refractivity contribution in [3.05, 3.63) is 77.9 Å². The third kappa shape index (κ3) is 3.78. The molecule has 132 valence electrons. The number of nitrogens with zero attached hydrogens (tertiary/aromatic N) is 1. The van der Waals surface area contributed by atoms with Crippen molar-refractivity contribution >= 4 is 11.6 Å². The van der Waals surface area contributed by atoms with Crippen LogP contribution in [0.4, 0.5) is 5.69 Å². The highest BCUT2D eigenvalue weighted by molar-refractivity contribution is 6.05. The highest BCUT2D eigenvalue weighted by Gasteiger charge is 2.14. The standard InChI is InChI=1S/C21H19NO4/c1-14-6-11-20(19(24)12-14)26-18-9-7-16(8-10-18)22(2)21(25)15-4-3-5-17(23)13-15/h3-13,23-24H,1-2H3. The van der Waals surface area contributed by atoms with Crippen LogP contribution in [0.15, 0.2) is 66.7 Å². The summed E-state index contributed by atoms with van der Waals surface area (Å²) in [5.41, 5.74) is 2.02. The van der Waals surface area contributed by atoms with Crippen molar-refractivity contribution in [2.24, 2.45) is 0 Å². The average molecular weight is 349 g/mol. The van der Waals surface area contributed by atoms with E-state index >= 15 is 0 Å². The lowest BCUT2D eigenvalue weighted by atomic mass is 10.1. The molecule has 0 aliphatic rings. The summed E-state index contributed by atoms with van der Waals surface area (Å²) in [6.07, 6.45) is 0. The van der Waals surface area contributed by atoms with E-state index in [2.05, 4.69) is 0 Å². The van der Waals surface area contributed by atoms with Crippen molar-refractivity contribution in [1.82, 2.24) is 0 Å². The number of benzene rings is 3. The number of rotatable bonds is 4. The van der Waals surface area contributed by atoms with Gasteiger partial charge in [0.2, 0.25) is 0 Å². The van der Waals surface area contributed by atoms with Gasteiger partial charge in [-0.1, -0.05) is 12.1 Å². The fraction of sp³-hybridized carbons (Fsp3) is 0.0952. The summed E-state index contributed by atoms with van der Waals surface area (Å²) in [6, 6.07) is 18.4. The smallest absolute Gasteiger partial charge is 0.258 e. The third-order valence-corrected chi connectivity index (χ3v) is 3.96. The van der Waals surface area contributed by atoms with Gasteiger partial charge < -0.3 is 19.8 Å². The molecular formula is C21H19NO4. The normalized spacial score (nSPS) is 10.4. The summed E-state index contributed by atoms with van der Waals surface area (Å²) in [6.45, 7) is 1.89. The Morgan fingerprint density at radius 3 is 2.35 bits per heavy atom. The number of ether oxygens (including phenoxy) is 1. The second-order valence-corrected chi connectivity index (χ2v) is 5.98. The van der Waals surface area contributed by atoms with E-state index in [0.717, 1.165) is 5.56 Å². The lowest BCUT2D eigenvalue weighted by Gasteiger charge is -2.18. The Kier molecular flexibility index (Phi) is 4.80. The van der Waals surface area contributed by atoms with Crippen LogP contribution in [0.5, 0.6) is 23.0 Å². The minimum absolute atomic E-state index is 0.0471. The molecule has 0 radical (unpaired) electrons. The summed E-state index contributed by atoms with van der Waals surface area (Å²) < 4.78 is 5.67.